The van der Waals surface area contributed by atoms with Crippen LogP contribution in [-0.4, -0.2) is 71.6 Å². The zero-order valence-electron chi connectivity index (χ0n) is 29.4. The molecule has 1 amide bonds. The molecule has 1 saturated heterocycles. The van der Waals surface area contributed by atoms with Crippen molar-refractivity contribution in [3.8, 4) is 22.6 Å². The number of piperidine rings is 1. The van der Waals surface area contributed by atoms with Crippen LogP contribution in [0.15, 0.2) is 48.5 Å². The highest BCUT2D eigenvalue weighted by Gasteiger charge is 2.32. The molecular weight excluding hydrogens is 689 g/mol. The fraction of sp³-hybridized carbons (Fsp3) is 0.410. The van der Waals surface area contributed by atoms with Crippen LogP contribution in [0.1, 0.15) is 70.5 Å². The Hall–Kier alpha value is -4.09. The van der Waals surface area contributed by atoms with Crippen LogP contribution in [0.4, 0.5) is 5.69 Å². The quantitative estimate of drug-likeness (QED) is 0.180. The average Bonchev–Trinajstić information content (AvgIpc) is 3.70. The maximum atomic E-state index is 13.5. The number of hydrogen-bond donors (Lipinski definition) is 1. The van der Waals surface area contributed by atoms with Gasteiger partial charge in [-0.05, 0) is 68.1 Å². The number of nitrogens with one attached hydrogen (secondary N) is 1. The van der Waals surface area contributed by atoms with E-state index in [-0.39, 0.29) is 24.0 Å². The molecule has 268 valence electrons. The Kier molecular flexibility index (Phi) is 10.3. The number of halogens is 2. The second-order valence-electron chi connectivity index (χ2n) is 13.6. The van der Waals surface area contributed by atoms with Gasteiger partial charge in [-0.3, -0.25) is 14.5 Å². The number of carbonyl (C=O) groups is 2. The highest BCUT2D eigenvalue weighted by atomic mass is 35.5. The molecule has 2 atom stereocenters. The van der Waals surface area contributed by atoms with Gasteiger partial charge >= 0.3 is 5.97 Å². The molecule has 3 aromatic carbocycles. The molecular formula is C39H43Cl2N5O5. The summed E-state index contributed by atoms with van der Waals surface area (Å²) in [5.41, 5.74) is 7.49. The normalized spacial score (nSPS) is 18.9. The summed E-state index contributed by atoms with van der Waals surface area (Å²) in [6.45, 7) is 2.96. The Morgan fingerprint density at radius 3 is 2.57 bits per heavy atom. The van der Waals surface area contributed by atoms with Crippen molar-refractivity contribution in [2.45, 2.75) is 63.8 Å². The van der Waals surface area contributed by atoms with E-state index in [4.69, 9.17) is 37.4 Å². The van der Waals surface area contributed by atoms with Crippen LogP contribution >= 0.6 is 23.2 Å². The monoisotopic (exact) mass is 731 g/mol. The molecule has 0 saturated carbocycles. The van der Waals surface area contributed by atoms with E-state index in [1.165, 1.54) is 7.11 Å². The molecule has 3 aliphatic rings. The lowest BCUT2D eigenvalue weighted by molar-refractivity contribution is -0.148. The number of benzene rings is 3. The number of ether oxygens (including phenoxy) is 3. The summed E-state index contributed by atoms with van der Waals surface area (Å²) in [5.74, 6) is 1.05. The number of methoxy groups -OCH3 is 2. The van der Waals surface area contributed by atoms with Crippen molar-refractivity contribution < 1.29 is 23.8 Å². The number of amides is 1. The van der Waals surface area contributed by atoms with Crippen molar-refractivity contribution >= 4 is 40.8 Å². The number of hydrogen-bond acceptors (Lipinski definition) is 8. The van der Waals surface area contributed by atoms with Crippen LogP contribution < -0.4 is 14.8 Å². The predicted octanol–water partition coefficient (Wildman–Crippen LogP) is 7.24. The highest BCUT2D eigenvalue weighted by molar-refractivity contribution is 6.36. The molecule has 3 heterocycles. The Balaban J connectivity index is 1.10. The van der Waals surface area contributed by atoms with Gasteiger partial charge < -0.3 is 29.0 Å². The minimum atomic E-state index is -0.294. The van der Waals surface area contributed by atoms with Crippen LogP contribution in [-0.2, 0) is 42.5 Å². The molecule has 1 aliphatic carbocycles. The number of likely N-dealkylation sites (tertiary alicyclic amines) is 1. The summed E-state index contributed by atoms with van der Waals surface area (Å²) in [7, 11) is 7.01. The number of anilines is 1. The standard InChI is InChI=1S/C39H43Cl2N5O5/c1-44-18-16-31-30(22-44)42-37(45(31)2)38(47)43-29-12-8-11-27(36(29)41)24-9-7-10-26-25(24)14-15-33(26)51-35-20-34(49-3)23(19-28(35)40)21-46-17-6-5-13-32(46)39(48)50-4/h7-12,19-20,32-33H,5-6,13-18,21-22H2,1-4H3,(H,43,47). The summed E-state index contributed by atoms with van der Waals surface area (Å²) in [4.78, 5) is 34.9. The second kappa shape index (κ2) is 14.9. The lowest BCUT2D eigenvalue weighted by atomic mass is 9.96. The highest BCUT2D eigenvalue weighted by Crippen LogP contribution is 2.45. The topological polar surface area (TPSA) is 98.2 Å². The summed E-state index contributed by atoms with van der Waals surface area (Å²) < 4.78 is 19.4. The second-order valence-corrected chi connectivity index (χ2v) is 14.4. The molecule has 1 N–H and O–H groups in total. The summed E-state index contributed by atoms with van der Waals surface area (Å²) in [5, 5.41) is 3.97. The van der Waals surface area contributed by atoms with Gasteiger partial charge in [-0.1, -0.05) is 60.0 Å². The molecule has 2 unspecified atom stereocenters. The first kappa shape index (κ1) is 35.3. The first-order valence-electron chi connectivity index (χ1n) is 17.5. The number of imidazole rings is 1. The maximum absolute atomic E-state index is 13.5. The Morgan fingerprint density at radius 1 is 0.961 bits per heavy atom. The van der Waals surface area contributed by atoms with E-state index in [0.29, 0.717) is 39.6 Å². The smallest absolute Gasteiger partial charge is 0.323 e. The van der Waals surface area contributed by atoms with Crippen molar-refractivity contribution in [1.29, 1.82) is 0 Å². The molecule has 2 aliphatic heterocycles. The third-order valence-electron chi connectivity index (χ3n) is 10.5. The third kappa shape index (κ3) is 6.94. The van der Waals surface area contributed by atoms with Crippen LogP contribution in [0, 0.1) is 0 Å². The molecule has 12 heteroatoms. The van der Waals surface area contributed by atoms with Gasteiger partial charge in [0, 0.05) is 56.0 Å². The van der Waals surface area contributed by atoms with Gasteiger partial charge in [0.05, 0.1) is 35.6 Å². The van der Waals surface area contributed by atoms with Crippen molar-refractivity contribution in [3.63, 3.8) is 0 Å². The van der Waals surface area contributed by atoms with Gasteiger partial charge in [-0.15, -0.1) is 0 Å². The molecule has 0 radical (unpaired) electrons. The lowest BCUT2D eigenvalue weighted by Crippen LogP contribution is -2.44. The van der Waals surface area contributed by atoms with E-state index >= 15 is 0 Å². The number of aromatic nitrogens is 2. The van der Waals surface area contributed by atoms with Crippen LogP contribution in [0.25, 0.3) is 11.1 Å². The number of nitrogens with zero attached hydrogens (tertiary/aromatic N) is 4. The van der Waals surface area contributed by atoms with E-state index in [0.717, 1.165) is 97.4 Å². The van der Waals surface area contributed by atoms with Gasteiger partial charge in [0.25, 0.3) is 5.91 Å². The van der Waals surface area contributed by atoms with Crippen LogP contribution in [0.2, 0.25) is 10.0 Å². The third-order valence-corrected chi connectivity index (χ3v) is 11.2. The van der Waals surface area contributed by atoms with E-state index in [1.807, 2.05) is 48.0 Å². The maximum Gasteiger partial charge on any atom is 0.323 e. The average molecular weight is 733 g/mol. The Labute approximate surface area is 308 Å². The summed E-state index contributed by atoms with van der Waals surface area (Å²) >= 11 is 13.9. The van der Waals surface area contributed by atoms with Gasteiger partial charge in [0.15, 0.2) is 5.82 Å². The molecule has 1 fully saturated rings. The Morgan fingerprint density at radius 2 is 1.76 bits per heavy atom. The van der Waals surface area contributed by atoms with Gasteiger partial charge in [0.1, 0.15) is 23.6 Å². The number of likely N-dealkylation sites (N-methyl/N-ethyl adjacent to an activating group) is 1. The molecule has 7 rings (SSSR count). The first-order chi connectivity index (χ1) is 24.7. The minimum absolute atomic E-state index is 0.215. The molecule has 4 aromatic rings. The summed E-state index contributed by atoms with van der Waals surface area (Å²) in [6, 6.07) is 15.3. The van der Waals surface area contributed by atoms with E-state index in [1.54, 1.807) is 7.11 Å². The number of rotatable bonds is 9. The molecule has 1 aromatic heterocycles. The van der Waals surface area contributed by atoms with Gasteiger partial charge in [-0.25, -0.2) is 4.98 Å². The van der Waals surface area contributed by atoms with E-state index in [2.05, 4.69) is 39.3 Å². The molecule has 0 spiro atoms. The lowest BCUT2D eigenvalue weighted by Gasteiger charge is -2.34. The van der Waals surface area contributed by atoms with Crippen molar-refractivity contribution in [2.24, 2.45) is 7.05 Å². The molecule has 0 bridgehead atoms. The summed E-state index contributed by atoms with van der Waals surface area (Å²) in [6.07, 6.45) is 4.94. The SMILES string of the molecule is COC(=O)C1CCCCN1Cc1cc(Cl)c(OC2CCc3c(-c4cccc(NC(=O)c5nc6c(n5C)CCN(C)C6)c4Cl)cccc32)cc1OC. The van der Waals surface area contributed by atoms with Crippen molar-refractivity contribution in [3.05, 3.63) is 92.5 Å². The van der Waals surface area contributed by atoms with E-state index in [9.17, 15) is 9.59 Å². The zero-order valence-corrected chi connectivity index (χ0v) is 30.9. The Bertz CT molecular complexity index is 1980. The number of fused-ring (bicyclic) bond motifs is 2. The van der Waals surface area contributed by atoms with Gasteiger partial charge in [-0.2, -0.15) is 0 Å². The van der Waals surface area contributed by atoms with Crippen molar-refractivity contribution in [2.75, 3.05) is 39.7 Å². The fourth-order valence-corrected chi connectivity index (χ4v) is 8.31. The number of esters is 1. The predicted molar refractivity (Wildman–Crippen MR) is 198 cm³/mol. The fourth-order valence-electron chi connectivity index (χ4n) is 7.80. The zero-order chi connectivity index (χ0) is 35.8. The largest absolute Gasteiger partial charge is 0.496 e. The number of carbonyl (C=O) groups excluding carboxylic acids is 2. The molecule has 10 nitrogen and oxygen atoms in total. The van der Waals surface area contributed by atoms with Crippen molar-refractivity contribution in [1.82, 2.24) is 19.4 Å². The molecule has 51 heavy (non-hydrogen) atoms. The van der Waals surface area contributed by atoms with E-state index < -0.39 is 0 Å². The first-order valence-corrected chi connectivity index (χ1v) is 18.2. The van der Waals surface area contributed by atoms with Gasteiger partial charge in [0.2, 0.25) is 0 Å². The minimum Gasteiger partial charge on any atom is -0.496 e. The van der Waals surface area contributed by atoms with Crippen LogP contribution in [0.3, 0.4) is 0 Å². The van der Waals surface area contributed by atoms with Crippen LogP contribution in [0.5, 0.6) is 11.5 Å².